The molecule has 0 amide bonds. The Kier molecular flexibility index (Phi) is 4.24. The lowest BCUT2D eigenvalue weighted by Gasteiger charge is -2.18. The van der Waals surface area contributed by atoms with Gasteiger partial charge in [0, 0.05) is 11.8 Å². The summed E-state index contributed by atoms with van der Waals surface area (Å²) in [7, 11) is 0. The Morgan fingerprint density at radius 2 is 1.82 bits per heavy atom. The van der Waals surface area contributed by atoms with Gasteiger partial charge >= 0.3 is 0 Å². The number of para-hydroxylation sites is 1. The van der Waals surface area contributed by atoms with Crippen LogP contribution in [0.2, 0.25) is 0 Å². The van der Waals surface area contributed by atoms with Crippen LogP contribution in [0.3, 0.4) is 0 Å². The van der Waals surface area contributed by atoms with Crippen molar-refractivity contribution in [2.24, 2.45) is 0 Å². The fraction of sp³-hybridized carbons (Fsp3) is 0.211. The molecule has 0 aliphatic carbocycles. The van der Waals surface area contributed by atoms with Crippen molar-refractivity contribution >= 4 is 16.7 Å². The summed E-state index contributed by atoms with van der Waals surface area (Å²) in [5, 5.41) is 1.04. The van der Waals surface area contributed by atoms with Crippen LogP contribution in [0.15, 0.2) is 60.7 Å². The van der Waals surface area contributed by atoms with E-state index < -0.39 is 0 Å². The topological polar surface area (TPSA) is 48.1 Å². The van der Waals surface area contributed by atoms with Gasteiger partial charge in [-0.3, -0.25) is 0 Å². The molecule has 22 heavy (non-hydrogen) atoms. The maximum absolute atomic E-state index is 6.22. The van der Waals surface area contributed by atoms with Crippen LogP contribution in [0.1, 0.15) is 18.9 Å². The molecule has 0 fully saturated rings. The highest BCUT2D eigenvalue weighted by Gasteiger charge is 2.12. The summed E-state index contributed by atoms with van der Waals surface area (Å²) in [6.45, 7) is 2.14. The SMILES string of the molecule is CCC(Cc1ccccc1)Oc1cccc2ccc(N)nc12. The molecule has 0 aliphatic heterocycles. The fourth-order valence-corrected chi connectivity index (χ4v) is 2.56. The molecule has 0 radical (unpaired) electrons. The number of ether oxygens (including phenoxy) is 1. The predicted octanol–water partition coefficient (Wildman–Crippen LogP) is 4.22. The maximum atomic E-state index is 6.22. The highest BCUT2D eigenvalue weighted by atomic mass is 16.5. The molecular weight excluding hydrogens is 272 g/mol. The van der Waals surface area contributed by atoms with Crippen LogP contribution in [0.4, 0.5) is 5.82 Å². The van der Waals surface area contributed by atoms with Gasteiger partial charge in [0.2, 0.25) is 0 Å². The van der Waals surface area contributed by atoms with Gasteiger partial charge in [-0.2, -0.15) is 0 Å². The molecule has 3 heteroatoms. The number of hydrogen-bond donors (Lipinski definition) is 1. The van der Waals surface area contributed by atoms with Crippen LogP contribution >= 0.6 is 0 Å². The number of fused-ring (bicyclic) bond motifs is 1. The zero-order valence-electron chi connectivity index (χ0n) is 12.7. The predicted molar refractivity (Wildman–Crippen MR) is 91.0 cm³/mol. The second-order valence-corrected chi connectivity index (χ2v) is 5.40. The number of hydrogen-bond acceptors (Lipinski definition) is 3. The summed E-state index contributed by atoms with van der Waals surface area (Å²) in [5.74, 6) is 1.31. The Morgan fingerprint density at radius 3 is 2.59 bits per heavy atom. The normalized spacial score (nSPS) is 12.2. The number of nitrogen functional groups attached to an aromatic ring is 1. The Labute approximate surface area is 130 Å². The van der Waals surface area contributed by atoms with E-state index in [-0.39, 0.29) is 6.10 Å². The number of pyridine rings is 1. The minimum Gasteiger partial charge on any atom is -0.488 e. The lowest BCUT2D eigenvalue weighted by molar-refractivity contribution is 0.199. The average Bonchev–Trinajstić information content (AvgIpc) is 2.55. The largest absolute Gasteiger partial charge is 0.488 e. The minimum absolute atomic E-state index is 0.122. The van der Waals surface area contributed by atoms with E-state index in [0.717, 1.165) is 29.5 Å². The number of anilines is 1. The third-order valence-electron chi connectivity index (χ3n) is 3.76. The number of nitrogens with zero attached hydrogens (tertiary/aromatic N) is 1. The second-order valence-electron chi connectivity index (χ2n) is 5.40. The van der Waals surface area contributed by atoms with Gasteiger partial charge in [-0.15, -0.1) is 0 Å². The third-order valence-corrected chi connectivity index (χ3v) is 3.76. The summed E-state index contributed by atoms with van der Waals surface area (Å²) >= 11 is 0. The van der Waals surface area contributed by atoms with Crippen LogP contribution < -0.4 is 10.5 Å². The first-order valence-corrected chi connectivity index (χ1v) is 7.62. The van der Waals surface area contributed by atoms with Gasteiger partial charge in [0.25, 0.3) is 0 Å². The Morgan fingerprint density at radius 1 is 1.00 bits per heavy atom. The zero-order chi connectivity index (χ0) is 15.4. The van der Waals surface area contributed by atoms with Crippen molar-refractivity contribution in [1.82, 2.24) is 4.98 Å². The summed E-state index contributed by atoms with van der Waals surface area (Å²) in [6, 6.07) is 20.2. The van der Waals surface area contributed by atoms with Crippen LogP contribution in [0, 0.1) is 0 Å². The molecule has 0 bridgehead atoms. The van der Waals surface area contributed by atoms with Gasteiger partial charge in [-0.1, -0.05) is 49.4 Å². The van der Waals surface area contributed by atoms with Crippen molar-refractivity contribution in [3.63, 3.8) is 0 Å². The highest BCUT2D eigenvalue weighted by molar-refractivity contribution is 5.85. The standard InChI is InChI=1S/C19H20N2O/c1-2-16(13-14-7-4-3-5-8-14)22-17-10-6-9-15-11-12-18(20)21-19(15)17/h3-12,16H,2,13H2,1H3,(H2,20,21). The molecule has 1 heterocycles. The van der Waals surface area contributed by atoms with E-state index in [0.29, 0.717) is 5.82 Å². The first-order valence-electron chi connectivity index (χ1n) is 7.62. The quantitative estimate of drug-likeness (QED) is 0.766. The fourth-order valence-electron chi connectivity index (χ4n) is 2.56. The molecule has 2 N–H and O–H groups in total. The first kappa shape index (κ1) is 14.4. The van der Waals surface area contributed by atoms with Crippen molar-refractivity contribution in [3.8, 4) is 5.75 Å². The van der Waals surface area contributed by atoms with Crippen LogP contribution in [0.25, 0.3) is 10.9 Å². The summed E-state index contributed by atoms with van der Waals surface area (Å²) in [5.41, 5.74) is 7.92. The third kappa shape index (κ3) is 3.19. The lowest BCUT2D eigenvalue weighted by atomic mass is 10.1. The van der Waals surface area contributed by atoms with Crippen molar-refractivity contribution in [3.05, 3.63) is 66.2 Å². The van der Waals surface area contributed by atoms with E-state index in [2.05, 4.69) is 36.2 Å². The average molecular weight is 292 g/mol. The van der Waals surface area contributed by atoms with Crippen LogP contribution in [-0.2, 0) is 6.42 Å². The van der Waals surface area contributed by atoms with Gasteiger partial charge in [0.1, 0.15) is 23.2 Å². The van der Waals surface area contributed by atoms with Gasteiger partial charge in [0.15, 0.2) is 0 Å². The molecule has 0 aliphatic rings. The monoisotopic (exact) mass is 292 g/mol. The summed E-state index contributed by atoms with van der Waals surface area (Å²) in [6.07, 6.45) is 1.94. The zero-order valence-corrected chi connectivity index (χ0v) is 12.7. The van der Waals surface area contributed by atoms with E-state index in [9.17, 15) is 0 Å². The van der Waals surface area contributed by atoms with Gasteiger partial charge in [0.05, 0.1) is 0 Å². The van der Waals surface area contributed by atoms with E-state index in [1.807, 2.05) is 36.4 Å². The molecular formula is C19H20N2O. The Balaban J connectivity index is 1.86. The first-order chi connectivity index (χ1) is 10.8. The molecule has 0 saturated heterocycles. The van der Waals surface area contributed by atoms with Crippen molar-refractivity contribution in [1.29, 1.82) is 0 Å². The Bertz CT molecular complexity index is 756. The molecule has 1 unspecified atom stereocenters. The number of benzene rings is 2. The molecule has 0 spiro atoms. The highest BCUT2D eigenvalue weighted by Crippen LogP contribution is 2.26. The summed E-state index contributed by atoms with van der Waals surface area (Å²) in [4.78, 5) is 4.42. The van der Waals surface area contributed by atoms with Crippen LogP contribution in [-0.4, -0.2) is 11.1 Å². The number of aromatic nitrogens is 1. The molecule has 3 aromatic rings. The van der Waals surface area contributed by atoms with E-state index in [1.54, 1.807) is 0 Å². The maximum Gasteiger partial charge on any atom is 0.146 e. The van der Waals surface area contributed by atoms with Crippen molar-refractivity contribution in [2.75, 3.05) is 5.73 Å². The van der Waals surface area contributed by atoms with Gasteiger partial charge in [-0.05, 0) is 30.2 Å². The minimum atomic E-state index is 0.122. The molecule has 3 nitrogen and oxygen atoms in total. The van der Waals surface area contributed by atoms with E-state index in [1.165, 1.54) is 5.56 Å². The molecule has 1 atom stereocenters. The molecule has 2 aromatic carbocycles. The lowest BCUT2D eigenvalue weighted by Crippen LogP contribution is -2.18. The van der Waals surface area contributed by atoms with E-state index >= 15 is 0 Å². The Hall–Kier alpha value is -2.55. The molecule has 112 valence electrons. The van der Waals surface area contributed by atoms with Crippen molar-refractivity contribution in [2.45, 2.75) is 25.9 Å². The smallest absolute Gasteiger partial charge is 0.146 e. The number of nitrogens with two attached hydrogens (primary N) is 1. The molecule has 3 rings (SSSR count). The van der Waals surface area contributed by atoms with Gasteiger partial charge in [-0.25, -0.2) is 4.98 Å². The molecule has 1 aromatic heterocycles. The van der Waals surface area contributed by atoms with Gasteiger partial charge < -0.3 is 10.5 Å². The summed E-state index contributed by atoms with van der Waals surface area (Å²) < 4.78 is 6.22. The van der Waals surface area contributed by atoms with Crippen LogP contribution in [0.5, 0.6) is 5.75 Å². The van der Waals surface area contributed by atoms with Crippen molar-refractivity contribution < 1.29 is 4.74 Å². The van der Waals surface area contributed by atoms with E-state index in [4.69, 9.17) is 10.5 Å². The second kappa shape index (κ2) is 6.48. The number of rotatable bonds is 5. The molecule has 0 saturated carbocycles.